The number of nitrogens with two attached hydrogens (primary N) is 1. The first-order valence-corrected chi connectivity index (χ1v) is 11.1. The van der Waals surface area contributed by atoms with Crippen LogP contribution in [0.5, 0.6) is 0 Å². The molecule has 0 atom stereocenters. The van der Waals surface area contributed by atoms with Crippen molar-refractivity contribution in [3.05, 3.63) is 6.33 Å². The van der Waals surface area contributed by atoms with E-state index in [2.05, 4.69) is 19.9 Å². The monoisotopic (exact) mass is 452 g/mol. The molecule has 0 saturated heterocycles. The molecule has 0 spiro atoms. The van der Waals surface area contributed by atoms with Gasteiger partial charge in [0.05, 0.1) is 0 Å². The van der Waals surface area contributed by atoms with E-state index in [1.807, 2.05) is 0 Å². The van der Waals surface area contributed by atoms with Crippen molar-refractivity contribution in [2.75, 3.05) is 11.5 Å². The van der Waals surface area contributed by atoms with Crippen molar-refractivity contribution in [2.24, 2.45) is 0 Å². The van der Waals surface area contributed by atoms with E-state index in [0.29, 0.717) is 5.95 Å². The minimum absolute atomic E-state index is 0.312. The molecule has 0 aliphatic heterocycles. The molecule has 0 aliphatic carbocycles. The van der Waals surface area contributed by atoms with Crippen molar-refractivity contribution < 1.29 is 26.1 Å². The quantitative estimate of drug-likeness (QED) is 0.293. The SMILES string of the molecule is Nc1nc(SCCCCC[CH2][Hg])c2nc[nH]c2n1. The van der Waals surface area contributed by atoms with Crippen LogP contribution in [-0.4, -0.2) is 25.7 Å². The summed E-state index contributed by atoms with van der Waals surface area (Å²) in [7, 11) is 0. The predicted molar refractivity (Wildman–Crippen MR) is 70.1 cm³/mol. The first-order chi connectivity index (χ1) is 8.81. The fourth-order valence-corrected chi connectivity index (χ4v) is 4.09. The van der Waals surface area contributed by atoms with Crippen LogP contribution in [0.4, 0.5) is 5.95 Å². The molecule has 0 saturated carbocycles. The number of thioether (sulfide) groups is 1. The fourth-order valence-electron chi connectivity index (χ4n) is 1.73. The van der Waals surface area contributed by atoms with E-state index < -0.39 is 0 Å². The molecule has 0 fully saturated rings. The summed E-state index contributed by atoms with van der Waals surface area (Å²) in [6.07, 6.45) is 6.96. The van der Waals surface area contributed by atoms with Crippen LogP contribution in [-0.2, 0) is 26.1 Å². The van der Waals surface area contributed by atoms with Gasteiger partial charge in [0.2, 0.25) is 0 Å². The van der Waals surface area contributed by atoms with Crippen molar-refractivity contribution in [3.63, 3.8) is 0 Å². The molecule has 2 aromatic heterocycles. The van der Waals surface area contributed by atoms with E-state index in [-0.39, 0.29) is 0 Å². The molecule has 93 valence electrons. The number of nitrogens with one attached hydrogen (secondary N) is 1. The number of unbranched alkanes of at least 4 members (excludes halogenated alkanes) is 3. The third-order valence-corrected chi connectivity index (χ3v) is 5.64. The standard InChI is InChI=1S/C11H16N5S.Hg/c1-2-3-4-5-6-17-10-8-9(14-7-13-8)15-11(12)16-10;/h7H,1-6H2,(H3,12,13,14,15,16);. The van der Waals surface area contributed by atoms with E-state index in [1.165, 1.54) is 29.6 Å². The van der Waals surface area contributed by atoms with Crippen LogP contribution < -0.4 is 5.73 Å². The van der Waals surface area contributed by atoms with Gasteiger partial charge in [0, 0.05) is 0 Å². The molecule has 2 aromatic rings. The van der Waals surface area contributed by atoms with Gasteiger partial charge in [-0.05, 0) is 0 Å². The van der Waals surface area contributed by atoms with E-state index in [1.54, 1.807) is 18.1 Å². The Bertz CT molecular complexity index is 501. The molecule has 0 amide bonds. The number of H-pyrrole nitrogens is 1. The first kappa shape index (κ1) is 14.1. The summed E-state index contributed by atoms with van der Waals surface area (Å²) in [5, 5.41) is 0.893. The second kappa shape index (κ2) is 7.28. The van der Waals surface area contributed by atoms with E-state index >= 15 is 0 Å². The summed E-state index contributed by atoms with van der Waals surface area (Å²) in [4.78, 5) is 15.6. The Balaban J connectivity index is 1.89. The Labute approximate surface area is 127 Å². The molecule has 18 heavy (non-hydrogen) atoms. The van der Waals surface area contributed by atoms with E-state index in [0.717, 1.165) is 48.1 Å². The number of aromatic nitrogens is 4. The average Bonchev–Trinajstić information content (AvgIpc) is 2.81. The van der Waals surface area contributed by atoms with Gasteiger partial charge in [0.25, 0.3) is 0 Å². The van der Waals surface area contributed by atoms with Crippen LogP contribution in [0.3, 0.4) is 0 Å². The second-order valence-electron chi connectivity index (χ2n) is 4.10. The van der Waals surface area contributed by atoms with Crippen molar-refractivity contribution in [2.45, 2.75) is 34.6 Å². The molecule has 5 nitrogen and oxygen atoms in total. The van der Waals surface area contributed by atoms with Gasteiger partial charge in [-0.2, -0.15) is 0 Å². The number of nitrogen functional groups attached to an aromatic ring is 1. The van der Waals surface area contributed by atoms with Gasteiger partial charge in [0.15, 0.2) is 0 Å². The molecule has 0 aromatic carbocycles. The van der Waals surface area contributed by atoms with Crippen LogP contribution in [0.15, 0.2) is 11.4 Å². The fraction of sp³-hybridized carbons (Fsp3) is 0.545. The van der Waals surface area contributed by atoms with E-state index in [9.17, 15) is 0 Å². The van der Waals surface area contributed by atoms with Gasteiger partial charge in [-0.15, -0.1) is 0 Å². The third-order valence-electron chi connectivity index (χ3n) is 2.65. The zero-order chi connectivity index (χ0) is 12.8. The van der Waals surface area contributed by atoms with Crippen molar-refractivity contribution in [1.29, 1.82) is 0 Å². The molecule has 7 heteroatoms. The van der Waals surface area contributed by atoms with E-state index in [4.69, 9.17) is 5.73 Å². The van der Waals surface area contributed by atoms with Gasteiger partial charge in [-0.1, -0.05) is 0 Å². The predicted octanol–water partition coefficient (Wildman–Crippen LogP) is 2.55. The Morgan fingerprint density at radius 2 is 2.06 bits per heavy atom. The van der Waals surface area contributed by atoms with Crippen LogP contribution in [0, 0.1) is 0 Å². The molecular weight excluding hydrogens is 435 g/mol. The number of anilines is 1. The van der Waals surface area contributed by atoms with Crippen molar-refractivity contribution in [3.8, 4) is 0 Å². The summed E-state index contributed by atoms with van der Waals surface area (Å²) in [5.41, 5.74) is 7.23. The Morgan fingerprint density at radius 1 is 1.22 bits per heavy atom. The van der Waals surface area contributed by atoms with Gasteiger partial charge < -0.3 is 0 Å². The Hall–Kier alpha value is -0.365. The van der Waals surface area contributed by atoms with Crippen LogP contribution in [0.2, 0.25) is 3.93 Å². The molecular formula is C11H16HgN5S. The maximum atomic E-state index is 5.68. The van der Waals surface area contributed by atoms with Crippen molar-refractivity contribution >= 4 is 28.9 Å². The van der Waals surface area contributed by atoms with Gasteiger partial charge in [-0.3, -0.25) is 0 Å². The summed E-state index contributed by atoms with van der Waals surface area (Å²) in [6.45, 7) is 0. The molecule has 0 radical (unpaired) electrons. The average molecular weight is 451 g/mol. The second-order valence-corrected chi connectivity index (χ2v) is 7.94. The minimum atomic E-state index is 0.312. The van der Waals surface area contributed by atoms with Gasteiger partial charge in [0.1, 0.15) is 0 Å². The molecule has 2 heterocycles. The molecule has 0 bridgehead atoms. The Morgan fingerprint density at radius 3 is 2.89 bits per heavy atom. The molecule has 0 unspecified atom stereocenters. The first-order valence-electron chi connectivity index (χ1n) is 6.20. The third kappa shape index (κ3) is 3.81. The number of hydrogen-bond acceptors (Lipinski definition) is 5. The number of aromatic amines is 1. The summed E-state index contributed by atoms with van der Waals surface area (Å²) >= 11 is 2.70. The number of nitrogens with zero attached hydrogens (tertiary/aromatic N) is 3. The molecule has 3 N–H and O–H groups in total. The number of fused-ring (bicyclic) bond motifs is 1. The molecule has 0 aliphatic rings. The normalized spacial score (nSPS) is 11.2. The number of rotatable bonds is 7. The zero-order valence-electron chi connectivity index (χ0n) is 10.4. The van der Waals surface area contributed by atoms with Crippen molar-refractivity contribution in [1.82, 2.24) is 19.9 Å². The van der Waals surface area contributed by atoms with Gasteiger partial charge in [-0.25, -0.2) is 0 Å². The number of hydrogen-bond donors (Lipinski definition) is 2. The molecule has 2 rings (SSSR count). The summed E-state index contributed by atoms with van der Waals surface area (Å²) < 4.78 is 1.48. The summed E-state index contributed by atoms with van der Waals surface area (Å²) in [5.74, 6) is 1.39. The van der Waals surface area contributed by atoms with Crippen LogP contribution in [0.1, 0.15) is 25.7 Å². The van der Waals surface area contributed by atoms with Crippen LogP contribution >= 0.6 is 11.8 Å². The topological polar surface area (TPSA) is 80.5 Å². The van der Waals surface area contributed by atoms with Gasteiger partial charge >= 0.3 is 127 Å². The summed E-state index contributed by atoms with van der Waals surface area (Å²) in [6, 6.07) is 0. The number of imidazole rings is 1. The van der Waals surface area contributed by atoms with Crippen LogP contribution in [0.25, 0.3) is 11.2 Å². The Kier molecular flexibility index (Phi) is 5.68. The maximum absolute atomic E-state index is 5.68. The zero-order valence-corrected chi connectivity index (χ0v) is 16.7.